The minimum atomic E-state index is -0.417. The summed E-state index contributed by atoms with van der Waals surface area (Å²) < 4.78 is 18.9. The van der Waals surface area contributed by atoms with Gasteiger partial charge >= 0.3 is 0 Å². The largest absolute Gasteiger partial charge is 0.368 e. The molecule has 3 rings (SSSR count). The Morgan fingerprint density at radius 2 is 1.76 bits per heavy atom. The van der Waals surface area contributed by atoms with Crippen LogP contribution in [-0.4, -0.2) is 24.5 Å². The van der Waals surface area contributed by atoms with E-state index < -0.39 is 17.8 Å². The molecule has 1 aliphatic rings. The Morgan fingerprint density at radius 1 is 1.08 bits per heavy atom. The van der Waals surface area contributed by atoms with Crippen LogP contribution in [0.15, 0.2) is 42.5 Å². The van der Waals surface area contributed by atoms with Crippen molar-refractivity contribution in [2.24, 2.45) is 0 Å². The van der Waals surface area contributed by atoms with Gasteiger partial charge in [-0.2, -0.15) is 0 Å². The van der Waals surface area contributed by atoms with Crippen molar-refractivity contribution in [3.63, 3.8) is 0 Å². The summed E-state index contributed by atoms with van der Waals surface area (Å²) in [4.78, 5) is 24.1. The Hall–Kier alpha value is -2.73. The van der Waals surface area contributed by atoms with Gasteiger partial charge in [-0.05, 0) is 61.7 Å². The molecule has 1 saturated heterocycles. The second kappa shape index (κ2) is 7.44. The van der Waals surface area contributed by atoms with Crippen LogP contribution in [0.5, 0.6) is 0 Å². The predicted octanol–water partition coefficient (Wildman–Crippen LogP) is 3.50. The molecule has 1 aliphatic heterocycles. The molecule has 2 aromatic carbocycles. The molecule has 6 heteroatoms. The molecule has 2 amide bonds. The molecule has 0 unspecified atom stereocenters. The van der Waals surface area contributed by atoms with Crippen LogP contribution >= 0.6 is 0 Å². The number of carbonyl (C=O) groups is 2. The van der Waals surface area contributed by atoms with Gasteiger partial charge in [0.25, 0.3) is 11.8 Å². The summed E-state index contributed by atoms with van der Waals surface area (Å²) in [6, 6.07) is 11.1. The first kappa shape index (κ1) is 17.1. The highest BCUT2D eigenvalue weighted by atomic mass is 19.1. The lowest BCUT2D eigenvalue weighted by molar-refractivity contribution is -0.124. The maximum Gasteiger partial charge on any atom is 0.255 e. The molecule has 1 atom stereocenters. The van der Waals surface area contributed by atoms with Gasteiger partial charge in [-0.3, -0.25) is 9.59 Å². The van der Waals surface area contributed by atoms with Crippen molar-refractivity contribution in [1.82, 2.24) is 0 Å². The molecule has 0 saturated carbocycles. The first-order valence-electron chi connectivity index (χ1n) is 8.13. The number of nitrogens with one attached hydrogen (secondary N) is 2. The SMILES string of the molecule is Cc1ccc(C(=O)Nc2ccc(NC(=O)[C@H]3CCCO3)cc2)cc1F. The topological polar surface area (TPSA) is 67.4 Å². The number of benzene rings is 2. The summed E-state index contributed by atoms with van der Waals surface area (Å²) in [5.74, 6) is -0.973. The van der Waals surface area contributed by atoms with E-state index in [9.17, 15) is 14.0 Å². The van der Waals surface area contributed by atoms with Gasteiger partial charge in [-0.1, -0.05) is 6.07 Å². The van der Waals surface area contributed by atoms with Crippen LogP contribution in [0.4, 0.5) is 15.8 Å². The lowest BCUT2D eigenvalue weighted by atomic mass is 10.1. The second-order valence-electron chi connectivity index (χ2n) is 5.99. The molecule has 130 valence electrons. The highest BCUT2D eigenvalue weighted by molar-refractivity contribution is 6.04. The summed E-state index contributed by atoms with van der Waals surface area (Å²) in [5, 5.41) is 5.48. The normalized spacial score (nSPS) is 16.5. The quantitative estimate of drug-likeness (QED) is 0.893. The van der Waals surface area contributed by atoms with Crippen molar-refractivity contribution in [3.05, 3.63) is 59.4 Å². The zero-order chi connectivity index (χ0) is 17.8. The Morgan fingerprint density at radius 3 is 2.36 bits per heavy atom. The van der Waals surface area contributed by atoms with E-state index in [-0.39, 0.29) is 11.5 Å². The molecule has 2 aromatic rings. The zero-order valence-corrected chi connectivity index (χ0v) is 13.8. The first-order valence-corrected chi connectivity index (χ1v) is 8.13. The van der Waals surface area contributed by atoms with Crippen molar-refractivity contribution < 1.29 is 18.7 Å². The van der Waals surface area contributed by atoms with Crippen LogP contribution in [0.1, 0.15) is 28.8 Å². The van der Waals surface area contributed by atoms with Crippen LogP contribution in [0, 0.1) is 12.7 Å². The van der Waals surface area contributed by atoms with Gasteiger partial charge in [0.15, 0.2) is 0 Å². The van der Waals surface area contributed by atoms with Gasteiger partial charge < -0.3 is 15.4 Å². The van der Waals surface area contributed by atoms with E-state index in [2.05, 4.69) is 10.6 Å². The maximum absolute atomic E-state index is 13.6. The molecule has 0 radical (unpaired) electrons. The highest BCUT2D eigenvalue weighted by Crippen LogP contribution is 2.18. The number of amides is 2. The van der Waals surface area contributed by atoms with E-state index in [1.165, 1.54) is 6.07 Å². The Balaban J connectivity index is 1.61. The monoisotopic (exact) mass is 342 g/mol. The van der Waals surface area contributed by atoms with E-state index >= 15 is 0 Å². The average Bonchev–Trinajstić information content (AvgIpc) is 3.14. The van der Waals surface area contributed by atoms with Crippen LogP contribution in [0.3, 0.4) is 0 Å². The molecule has 0 aromatic heterocycles. The fraction of sp³-hybridized carbons (Fsp3) is 0.263. The fourth-order valence-electron chi connectivity index (χ4n) is 2.58. The Kier molecular flexibility index (Phi) is 5.09. The summed E-state index contributed by atoms with van der Waals surface area (Å²) in [5.41, 5.74) is 1.92. The third-order valence-corrected chi connectivity index (χ3v) is 4.07. The van der Waals surface area contributed by atoms with Crippen molar-refractivity contribution in [3.8, 4) is 0 Å². The number of halogens is 1. The molecule has 25 heavy (non-hydrogen) atoms. The van der Waals surface area contributed by atoms with E-state index in [1.54, 1.807) is 43.3 Å². The number of ether oxygens (including phenoxy) is 1. The summed E-state index contributed by atoms with van der Waals surface area (Å²) in [7, 11) is 0. The molecule has 0 spiro atoms. The van der Waals surface area contributed by atoms with Crippen molar-refractivity contribution in [2.75, 3.05) is 17.2 Å². The molecular formula is C19H19FN2O3. The van der Waals surface area contributed by atoms with Gasteiger partial charge in [-0.25, -0.2) is 4.39 Å². The number of carbonyl (C=O) groups excluding carboxylic acids is 2. The average molecular weight is 342 g/mol. The van der Waals surface area contributed by atoms with Gasteiger partial charge in [-0.15, -0.1) is 0 Å². The summed E-state index contributed by atoms with van der Waals surface area (Å²) >= 11 is 0. The highest BCUT2D eigenvalue weighted by Gasteiger charge is 2.23. The summed E-state index contributed by atoms with van der Waals surface area (Å²) in [6.07, 6.45) is 1.23. The van der Waals surface area contributed by atoms with Crippen LogP contribution in [0.25, 0.3) is 0 Å². The standard InChI is InChI=1S/C19H19FN2O3/c1-12-4-5-13(11-16(12)20)18(23)21-14-6-8-15(9-7-14)22-19(24)17-3-2-10-25-17/h4-9,11,17H,2-3,10H2,1H3,(H,21,23)(H,22,24)/t17-/m1/s1. The smallest absolute Gasteiger partial charge is 0.255 e. The van der Waals surface area contributed by atoms with E-state index in [0.29, 0.717) is 23.5 Å². The third-order valence-electron chi connectivity index (χ3n) is 4.07. The number of hydrogen-bond donors (Lipinski definition) is 2. The van der Waals surface area contributed by atoms with E-state index in [1.807, 2.05) is 0 Å². The fourth-order valence-corrected chi connectivity index (χ4v) is 2.58. The molecule has 1 heterocycles. The van der Waals surface area contributed by atoms with Crippen molar-refractivity contribution in [1.29, 1.82) is 0 Å². The Bertz CT molecular complexity index is 784. The van der Waals surface area contributed by atoms with Gasteiger partial charge in [0.2, 0.25) is 0 Å². The lowest BCUT2D eigenvalue weighted by Crippen LogP contribution is -2.26. The van der Waals surface area contributed by atoms with Gasteiger partial charge in [0.05, 0.1) is 0 Å². The first-order chi connectivity index (χ1) is 12.0. The number of rotatable bonds is 4. The van der Waals surface area contributed by atoms with Gasteiger partial charge in [0.1, 0.15) is 11.9 Å². The number of anilines is 2. The summed E-state index contributed by atoms with van der Waals surface area (Å²) in [6.45, 7) is 2.25. The molecular weight excluding hydrogens is 323 g/mol. The predicted molar refractivity (Wildman–Crippen MR) is 93.1 cm³/mol. The minimum absolute atomic E-state index is 0.163. The molecule has 1 fully saturated rings. The second-order valence-corrected chi connectivity index (χ2v) is 5.99. The Labute approximate surface area is 145 Å². The van der Waals surface area contributed by atoms with Crippen molar-refractivity contribution >= 4 is 23.2 Å². The van der Waals surface area contributed by atoms with Crippen molar-refractivity contribution in [2.45, 2.75) is 25.9 Å². The third kappa shape index (κ3) is 4.22. The van der Waals surface area contributed by atoms with E-state index in [4.69, 9.17) is 4.74 Å². The number of aryl methyl sites for hydroxylation is 1. The zero-order valence-electron chi connectivity index (χ0n) is 13.8. The van der Waals surface area contributed by atoms with Gasteiger partial charge in [0, 0.05) is 23.5 Å². The lowest BCUT2D eigenvalue weighted by Gasteiger charge is -2.11. The number of hydrogen-bond acceptors (Lipinski definition) is 3. The molecule has 0 bridgehead atoms. The molecule has 5 nitrogen and oxygen atoms in total. The minimum Gasteiger partial charge on any atom is -0.368 e. The van der Waals surface area contributed by atoms with Crippen LogP contribution in [-0.2, 0) is 9.53 Å². The molecule has 0 aliphatic carbocycles. The van der Waals surface area contributed by atoms with Crippen LogP contribution in [0.2, 0.25) is 0 Å². The van der Waals surface area contributed by atoms with E-state index in [0.717, 1.165) is 12.8 Å². The maximum atomic E-state index is 13.6. The molecule has 2 N–H and O–H groups in total. The van der Waals surface area contributed by atoms with Crippen LogP contribution < -0.4 is 10.6 Å².